The Morgan fingerprint density at radius 1 is 0.773 bits per heavy atom. The van der Waals surface area contributed by atoms with Crippen LogP contribution in [-0.4, -0.2) is 4.57 Å². The van der Waals surface area contributed by atoms with Gasteiger partial charge in [0.1, 0.15) is 0 Å². The largest absolute Gasteiger partial charge is 0.338 e. The van der Waals surface area contributed by atoms with Crippen molar-refractivity contribution in [2.45, 2.75) is 73.3 Å². The van der Waals surface area contributed by atoms with Gasteiger partial charge in [-0.1, -0.05) is 13.8 Å². The highest BCUT2D eigenvalue weighted by Crippen LogP contribution is 2.52. The van der Waals surface area contributed by atoms with E-state index in [0.29, 0.717) is 0 Å². The summed E-state index contributed by atoms with van der Waals surface area (Å²) in [6.07, 6.45) is 0. The van der Waals surface area contributed by atoms with Gasteiger partial charge in [-0.2, -0.15) is 0 Å². The Balaban J connectivity index is 2.80. The lowest BCUT2D eigenvalue weighted by Crippen LogP contribution is -2.41. The molecule has 0 spiro atoms. The molecule has 0 N–H and O–H groups in total. The molecule has 2 aromatic rings. The minimum absolute atomic E-state index is 0.00815. The Hall–Kier alpha value is -1.57. The lowest BCUT2D eigenvalue weighted by Gasteiger charge is -2.39. The van der Waals surface area contributed by atoms with Gasteiger partial charge in [0.05, 0.1) is 5.52 Å². The first-order valence-electron chi connectivity index (χ1n) is 8.12. The number of hydrogen-bond acceptors (Lipinski definition) is 1. The molecule has 0 fully saturated rings. The highest BCUT2D eigenvalue weighted by molar-refractivity contribution is 5.92. The summed E-state index contributed by atoms with van der Waals surface area (Å²) in [5, 5.41) is 0.930. The van der Waals surface area contributed by atoms with E-state index in [1.807, 2.05) is 6.92 Å². The SMILES string of the molecule is Cc1c(C)c2c3c(c1C)c(=O)c(C)c(C)n3C(C)(C)C2(C)C. The summed E-state index contributed by atoms with van der Waals surface area (Å²) in [4.78, 5) is 13.0. The Kier molecular flexibility index (Phi) is 2.81. The molecule has 0 unspecified atom stereocenters. The van der Waals surface area contributed by atoms with Gasteiger partial charge in [-0.25, -0.2) is 0 Å². The van der Waals surface area contributed by atoms with Gasteiger partial charge in [0.15, 0.2) is 5.43 Å². The second-order valence-corrected chi connectivity index (χ2v) is 8.03. The van der Waals surface area contributed by atoms with Crippen LogP contribution in [0.15, 0.2) is 4.79 Å². The third kappa shape index (κ3) is 1.39. The summed E-state index contributed by atoms with van der Waals surface area (Å²) in [5.74, 6) is 0. The molecule has 1 aromatic heterocycles. The van der Waals surface area contributed by atoms with E-state index in [1.165, 1.54) is 22.2 Å². The zero-order chi connectivity index (χ0) is 16.8. The zero-order valence-corrected chi connectivity index (χ0v) is 15.4. The number of hydrogen-bond donors (Lipinski definition) is 0. The van der Waals surface area contributed by atoms with Gasteiger partial charge in [-0.15, -0.1) is 0 Å². The van der Waals surface area contributed by atoms with Crippen molar-refractivity contribution in [2.75, 3.05) is 0 Å². The molecule has 1 aliphatic rings. The minimum atomic E-state index is -0.0544. The molecule has 3 rings (SSSR count). The van der Waals surface area contributed by atoms with Crippen LogP contribution in [-0.2, 0) is 11.0 Å². The summed E-state index contributed by atoms with van der Waals surface area (Å²) in [5.41, 5.74) is 8.42. The van der Waals surface area contributed by atoms with Crippen molar-refractivity contribution < 1.29 is 0 Å². The van der Waals surface area contributed by atoms with Crippen molar-refractivity contribution in [1.82, 2.24) is 4.57 Å². The number of aromatic nitrogens is 1. The Morgan fingerprint density at radius 3 is 1.86 bits per heavy atom. The van der Waals surface area contributed by atoms with Crippen LogP contribution in [0.2, 0.25) is 0 Å². The first-order valence-corrected chi connectivity index (χ1v) is 8.12. The van der Waals surface area contributed by atoms with E-state index < -0.39 is 0 Å². The summed E-state index contributed by atoms with van der Waals surface area (Å²) >= 11 is 0. The highest BCUT2D eigenvalue weighted by Gasteiger charge is 2.49. The number of benzene rings is 1. The second-order valence-electron chi connectivity index (χ2n) is 8.03. The standard InChI is InChI=1S/C20H27NO/c1-10-11(2)15-17-16(12(10)3)19(6,7)20(8,9)21(17)14(5)13(4)18(15)22/h1-9H3. The molecule has 0 bridgehead atoms. The van der Waals surface area contributed by atoms with Crippen LogP contribution < -0.4 is 5.43 Å². The van der Waals surface area contributed by atoms with E-state index in [1.54, 1.807) is 0 Å². The summed E-state index contributed by atoms with van der Waals surface area (Å²) in [7, 11) is 0. The second kappa shape index (κ2) is 4.04. The van der Waals surface area contributed by atoms with E-state index in [9.17, 15) is 4.79 Å². The summed E-state index contributed by atoms with van der Waals surface area (Å²) in [6.45, 7) is 19.8. The highest BCUT2D eigenvalue weighted by atomic mass is 16.1. The van der Waals surface area contributed by atoms with Crippen molar-refractivity contribution in [3.63, 3.8) is 0 Å². The molecule has 0 saturated carbocycles. The fourth-order valence-corrected chi connectivity index (χ4v) is 4.37. The number of nitrogens with zero attached hydrogens (tertiary/aromatic N) is 1. The first-order chi connectivity index (χ1) is 9.96. The maximum atomic E-state index is 13.0. The van der Waals surface area contributed by atoms with Crippen molar-refractivity contribution in [3.05, 3.63) is 43.7 Å². The average Bonchev–Trinajstić information content (AvgIpc) is 2.57. The van der Waals surface area contributed by atoms with Crippen LogP contribution in [0.3, 0.4) is 0 Å². The molecule has 0 amide bonds. The van der Waals surface area contributed by atoms with Crippen molar-refractivity contribution >= 4 is 10.9 Å². The minimum Gasteiger partial charge on any atom is -0.338 e. The predicted octanol–water partition coefficient (Wildman–Crippen LogP) is 4.57. The Morgan fingerprint density at radius 2 is 1.32 bits per heavy atom. The normalized spacial score (nSPS) is 18.2. The zero-order valence-electron chi connectivity index (χ0n) is 15.4. The van der Waals surface area contributed by atoms with E-state index in [0.717, 1.165) is 22.2 Å². The topological polar surface area (TPSA) is 22.0 Å². The third-order valence-electron chi connectivity index (χ3n) is 6.73. The van der Waals surface area contributed by atoms with Crippen LogP contribution in [0.5, 0.6) is 0 Å². The predicted molar refractivity (Wildman–Crippen MR) is 94.2 cm³/mol. The summed E-state index contributed by atoms with van der Waals surface area (Å²) < 4.78 is 2.42. The molecule has 2 nitrogen and oxygen atoms in total. The smallest absolute Gasteiger partial charge is 0.192 e. The van der Waals surface area contributed by atoms with Gasteiger partial charge in [-0.05, 0) is 70.7 Å². The maximum Gasteiger partial charge on any atom is 0.192 e. The number of aryl methyl sites for hydroxylation is 1. The molecule has 22 heavy (non-hydrogen) atoms. The first kappa shape index (κ1) is 15.3. The molecule has 0 saturated heterocycles. The van der Waals surface area contributed by atoms with Crippen LogP contribution in [0, 0.1) is 34.6 Å². The molecular weight excluding hydrogens is 270 g/mol. The van der Waals surface area contributed by atoms with Crippen LogP contribution in [0.1, 0.15) is 61.2 Å². The van der Waals surface area contributed by atoms with Crippen LogP contribution in [0.4, 0.5) is 0 Å². The van der Waals surface area contributed by atoms with Gasteiger partial charge in [-0.3, -0.25) is 4.79 Å². The molecule has 118 valence electrons. The van der Waals surface area contributed by atoms with Gasteiger partial charge in [0, 0.05) is 27.6 Å². The lowest BCUT2D eigenvalue weighted by molar-refractivity contribution is 0.226. The van der Waals surface area contributed by atoms with Gasteiger partial charge in [0.25, 0.3) is 0 Å². The van der Waals surface area contributed by atoms with Crippen LogP contribution in [0.25, 0.3) is 10.9 Å². The molecule has 2 heteroatoms. The number of rotatable bonds is 0. The Labute approximate surface area is 133 Å². The van der Waals surface area contributed by atoms with Gasteiger partial charge >= 0.3 is 0 Å². The van der Waals surface area contributed by atoms with Gasteiger partial charge in [0.2, 0.25) is 0 Å². The Bertz CT molecular complexity index is 875. The summed E-state index contributed by atoms with van der Waals surface area (Å²) in [6, 6.07) is 0. The average molecular weight is 297 g/mol. The van der Waals surface area contributed by atoms with Crippen molar-refractivity contribution in [1.29, 1.82) is 0 Å². The number of pyridine rings is 1. The quantitative estimate of drug-likeness (QED) is 0.698. The van der Waals surface area contributed by atoms with Crippen molar-refractivity contribution in [2.24, 2.45) is 0 Å². The van der Waals surface area contributed by atoms with E-state index in [2.05, 4.69) is 60.0 Å². The fourth-order valence-electron chi connectivity index (χ4n) is 4.37. The molecular formula is C20H27NO. The lowest BCUT2D eigenvalue weighted by atomic mass is 9.70. The molecule has 0 radical (unpaired) electrons. The third-order valence-corrected chi connectivity index (χ3v) is 6.73. The monoisotopic (exact) mass is 297 g/mol. The fraction of sp³-hybridized carbons (Fsp3) is 0.550. The maximum absolute atomic E-state index is 13.0. The molecule has 0 atom stereocenters. The molecule has 2 heterocycles. The van der Waals surface area contributed by atoms with E-state index >= 15 is 0 Å². The van der Waals surface area contributed by atoms with E-state index in [4.69, 9.17) is 0 Å². The molecule has 1 aliphatic heterocycles. The van der Waals surface area contributed by atoms with Crippen molar-refractivity contribution in [3.8, 4) is 0 Å². The van der Waals surface area contributed by atoms with Gasteiger partial charge < -0.3 is 4.57 Å². The molecule has 0 aliphatic carbocycles. The van der Waals surface area contributed by atoms with Crippen LogP contribution >= 0.6 is 0 Å². The van der Waals surface area contributed by atoms with E-state index in [-0.39, 0.29) is 16.4 Å². The molecule has 1 aromatic carbocycles.